The molecule has 0 saturated carbocycles. The van der Waals surface area contributed by atoms with Gasteiger partial charge in [0, 0.05) is 5.56 Å². The molecule has 0 unspecified atom stereocenters. The van der Waals surface area contributed by atoms with Crippen LogP contribution in [0.2, 0.25) is 0 Å². The van der Waals surface area contributed by atoms with Gasteiger partial charge in [0.2, 0.25) is 5.43 Å². The maximum atomic E-state index is 13.4. The van der Waals surface area contributed by atoms with E-state index >= 15 is 0 Å². The fourth-order valence-corrected chi connectivity index (χ4v) is 3.54. The van der Waals surface area contributed by atoms with Gasteiger partial charge in [0.05, 0.1) is 10.9 Å². The van der Waals surface area contributed by atoms with Gasteiger partial charge in [0.1, 0.15) is 11.3 Å². The van der Waals surface area contributed by atoms with Crippen molar-refractivity contribution in [3.63, 3.8) is 0 Å². The van der Waals surface area contributed by atoms with E-state index in [1.165, 1.54) is 0 Å². The van der Waals surface area contributed by atoms with E-state index in [-0.39, 0.29) is 5.43 Å². The van der Waals surface area contributed by atoms with Crippen molar-refractivity contribution in [1.82, 2.24) is 0 Å². The van der Waals surface area contributed by atoms with Crippen molar-refractivity contribution >= 4 is 21.7 Å². The van der Waals surface area contributed by atoms with E-state index in [1.807, 2.05) is 78.9 Å². The van der Waals surface area contributed by atoms with Gasteiger partial charge in [-0.05, 0) is 34.5 Å². The Balaban J connectivity index is 1.89. The first-order valence-corrected chi connectivity index (χ1v) is 8.92. The van der Waals surface area contributed by atoms with E-state index in [0.29, 0.717) is 22.3 Å². The summed E-state index contributed by atoms with van der Waals surface area (Å²) < 4.78 is 6.23. The molecule has 1 aromatic heterocycles. The van der Waals surface area contributed by atoms with Gasteiger partial charge in [-0.3, -0.25) is 4.79 Å². The lowest BCUT2D eigenvalue weighted by molar-refractivity contribution is 0.621. The van der Waals surface area contributed by atoms with Gasteiger partial charge < -0.3 is 4.42 Å². The predicted octanol–water partition coefficient (Wildman–Crippen LogP) is 6.28. The minimum Gasteiger partial charge on any atom is -0.455 e. The third-order valence-corrected chi connectivity index (χ3v) is 4.87. The van der Waals surface area contributed by atoms with Gasteiger partial charge in [0.25, 0.3) is 0 Å². The summed E-state index contributed by atoms with van der Waals surface area (Å²) >= 11 is 0. The standard InChI is InChI=1S/C25H16O2/c26-24-21-12-6-7-13-22(21)27-25(18-9-2-1-3-10-18)23(24)20-15-14-17-8-4-5-11-19(17)16-20/h1-16H. The van der Waals surface area contributed by atoms with Crippen LogP contribution in [-0.2, 0) is 0 Å². The van der Waals surface area contributed by atoms with Crippen LogP contribution in [0, 0.1) is 0 Å². The molecule has 0 bridgehead atoms. The molecule has 0 aliphatic heterocycles. The van der Waals surface area contributed by atoms with Crippen molar-refractivity contribution in [1.29, 1.82) is 0 Å². The molecule has 1 heterocycles. The van der Waals surface area contributed by atoms with E-state index in [4.69, 9.17) is 4.42 Å². The Bertz CT molecular complexity index is 1330. The smallest absolute Gasteiger partial charge is 0.201 e. The Kier molecular flexibility index (Phi) is 3.61. The number of para-hydroxylation sites is 1. The summed E-state index contributed by atoms with van der Waals surface area (Å²) in [6, 6.07) is 31.5. The van der Waals surface area contributed by atoms with Crippen LogP contribution in [0.3, 0.4) is 0 Å². The average Bonchev–Trinajstić information content (AvgIpc) is 2.74. The molecule has 4 aromatic carbocycles. The summed E-state index contributed by atoms with van der Waals surface area (Å²) in [6.45, 7) is 0. The fourth-order valence-electron chi connectivity index (χ4n) is 3.54. The Hall–Kier alpha value is -3.65. The van der Waals surface area contributed by atoms with E-state index in [9.17, 15) is 4.79 Å². The van der Waals surface area contributed by atoms with Crippen LogP contribution in [0.4, 0.5) is 0 Å². The minimum absolute atomic E-state index is 0.00835. The predicted molar refractivity (Wildman–Crippen MR) is 111 cm³/mol. The van der Waals surface area contributed by atoms with Crippen LogP contribution in [0.25, 0.3) is 44.2 Å². The largest absolute Gasteiger partial charge is 0.455 e. The van der Waals surface area contributed by atoms with Crippen LogP contribution < -0.4 is 5.43 Å². The highest BCUT2D eigenvalue weighted by molar-refractivity contribution is 5.93. The van der Waals surface area contributed by atoms with Crippen molar-refractivity contribution in [3.8, 4) is 22.5 Å². The summed E-state index contributed by atoms with van der Waals surface area (Å²) in [6.07, 6.45) is 0. The first-order chi connectivity index (χ1) is 13.3. The first-order valence-electron chi connectivity index (χ1n) is 8.92. The molecule has 0 spiro atoms. The molecule has 5 aromatic rings. The van der Waals surface area contributed by atoms with Crippen LogP contribution in [0.5, 0.6) is 0 Å². The molecule has 2 nitrogen and oxygen atoms in total. The second-order valence-corrected chi connectivity index (χ2v) is 6.56. The maximum absolute atomic E-state index is 13.4. The Morgan fingerprint density at radius 2 is 1.30 bits per heavy atom. The van der Waals surface area contributed by atoms with Crippen LogP contribution >= 0.6 is 0 Å². The van der Waals surface area contributed by atoms with Gasteiger partial charge in [0.15, 0.2) is 0 Å². The Morgan fingerprint density at radius 1 is 0.593 bits per heavy atom. The third kappa shape index (κ3) is 2.63. The highest BCUT2D eigenvalue weighted by atomic mass is 16.3. The topological polar surface area (TPSA) is 30.2 Å². The lowest BCUT2D eigenvalue weighted by atomic mass is 9.96. The summed E-state index contributed by atoms with van der Waals surface area (Å²) in [5.41, 5.74) is 2.96. The normalized spacial score (nSPS) is 11.1. The highest BCUT2D eigenvalue weighted by Gasteiger charge is 2.17. The lowest BCUT2D eigenvalue weighted by Gasteiger charge is -2.11. The van der Waals surface area contributed by atoms with Gasteiger partial charge in [-0.1, -0.05) is 78.9 Å². The summed E-state index contributed by atoms with van der Waals surface area (Å²) in [4.78, 5) is 13.4. The molecular weight excluding hydrogens is 332 g/mol. The zero-order chi connectivity index (χ0) is 18.2. The molecule has 0 fully saturated rings. The molecular formula is C25H16O2. The van der Waals surface area contributed by atoms with Gasteiger partial charge in [-0.15, -0.1) is 0 Å². The monoisotopic (exact) mass is 348 g/mol. The second-order valence-electron chi connectivity index (χ2n) is 6.56. The van der Waals surface area contributed by atoms with Gasteiger partial charge >= 0.3 is 0 Å². The van der Waals surface area contributed by atoms with E-state index < -0.39 is 0 Å². The van der Waals surface area contributed by atoms with Gasteiger partial charge in [-0.25, -0.2) is 0 Å². The number of hydrogen-bond acceptors (Lipinski definition) is 2. The molecule has 0 aliphatic rings. The van der Waals surface area contributed by atoms with Crippen molar-refractivity contribution in [3.05, 3.63) is 107 Å². The van der Waals surface area contributed by atoms with Crippen LogP contribution in [0.1, 0.15) is 0 Å². The minimum atomic E-state index is -0.00835. The molecule has 0 N–H and O–H groups in total. The molecule has 0 atom stereocenters. The second kappa shape index (κ2) is 6.26. The van der Waals surface area contributed by atoms with Crippen molar-refractivity contribution in [2.45, 2.75) is 0 Å². The molecule has 0 aliphatic carbocycles. The van der Waals surface area contributed by atoms with E-state index in [0.717, 1.165) is 21.9 Å². The Morgan fingerprint density at radius 3 is 2.15 bits per heavy atom. The molecule has 0 saturated heterocycles. The van der Waals surface area contributed by atoms with E-state index in [1.54, 1.807) is 0 Å². The van der Waals surface area contributed by atoms with Crippen molar-refractivity contribution in [2.75, 3.05) is 0 Å². The number of fused-ring (bicyclic) bond motifs is 2. The molecule has 2 heteroatoms. The highest BCUT2D eigenvalue weighted by Crippen LogP contribution is 2.33. The van der Waals surface area contributed by atoms with Crippen molar-refractivity contribution < 1.29 is 4.42 Å². The molecule has 0 radical (unpaired) electrons. The maximum Gasteiger partial charge on any atom is 0.201 e. The van der Waals surface area contributed by atoms with Crippen LogP contribution in [-0.4, -0.2) is 0 Å². The number of hydrogen-bond donors (Lipinski definition) is 0. The number of benzene rings is 4. The third-order valence-electron chi connectivity index (χ3n) is 4.87. The average molecular weight is 348 g/mol. The quantitative estimate of drug-likeness (QED) is 0.376. The van der Waals surface area contributed by atoms with Crippen LogP contribution in [0.15, 0.2) is 106 Å². The molecule has 27 heavy (non-hydrogen) atoms. The summed E-state index contributed by atoms with van der Waals surface area (Å²) in [5, 5.41) is 2.84. The molecule has 0 amide bonds. The molecule has 5 rings (SSSR count). The zero-order valence-electron chi connectivity index (χ0n) is 14.6. The molecule has 128 valence electrons. The first kappa shape index (κ1) is 15.6. The van der Waals surface area contributed by atoms with E-state index in [2.05, 4.69) is 18.2 Å². The fraction of sp³-hybridized carbons (Fsp3) is 0. The van der Waals surface area contributed by atoms with Crippen molar-refractivity contribution in [2.24, 2.45) is 0 Å². The van der Waals surface area contributed by atoms with Gasteiger partial charge in [-0.2, -0.15) is 0 Å². The summed E-state index contributed by atoms with van der Waals surface area (Å²) in [5.74, 6) is 0.606. The summed E-state index contributed by atoms with van der Waals surface area (Å²) in [7, 11) is 0. The zero-order valence-corrected chi connectivity index (χ0v) is 14.6. The lowest BCUT2D eigenvalue weighted by Crippen LogP contribution is -2.07. The number of rotatable bonds is 2. The SMILES string of the molecule is O=c1c(-c2ccc3ccccc3c2)c(-c2ccccc2)oc2ccccc12. The Labute approximate surface area is 156 Å².